The number of nitrogens with zero attached hydrogens (tertiary/aromatic N) is 4. The average molecular weight is 591 g/mol. The lowest BCUT2D eigenvalue weighted by atomic mass is 9.88. The summed E-state index contributed by atoms with van der Waals surface area (Å²) in [6, 6.07) is 15.8. The van der Waals surface area contributed by atoms with E-state index in [1.54, 1.807) is 42.5 Å². The van der Waals surface area contributed by atoms with Crippen molar-refractivity contribution in [3.63, 3.8) is 0 Å². The molecule has 4 heterocycles. The number of rotatable bonds is 8. The van der Waals surface area contributed by atoms with Crippen LogP contribution in [0.4, 0.5) is 4.39 Å². The lowest BCUT2D eigenvalue weighted by Gasteiger charge is -2.18. The maximum absolute atomic E-state index is 13.5. The highest BCUT2D eigenvalue weighted by Gasteiger charge is 2.37. The maximum Gasteiger partial charge on any atom is 0.420 e. The van der Waals surface area contributed by atoms with Gasteiger partial charge in [0.1, 0.15) is 11.9 Å². The van der Waals surface area contributed by atoms with Crippen LogP contribution < -0.4 is 16.8 Å². The van der Waals surface area contributed by atoms with Gasteiger partial charge < -0.3 is 15.5 Å². The van der Waals surface area contributed by atoms with Crippen LogP contribution in [0.15, 0.2) is 70.0 Å². The molecule has 6 rings (SSSR count). The number of pyridine rings is 2. The summed E-state index contributed by atoms with van der Waals surface area (Å²) < 4.78 is 20.5. The summed E-state index contributed by atoms with van der Waals surface area (Å²) in [7, 11) is 0. The first-order valence-electron chi connectivity index (χ1n) is 14.0. The van der Waals surface area contributed by atoms with Crippen molar-refractivity contribution in [3.05, 3.63) is 116 Å². The van der Waals surface area contributed by atoms with Crippen molar-refractivity contribution in [3.8, 4) is 17.2 Å². The molecule has 1 unspecified atom stereocenters. The minimum Gasteiger partial charge on any atom is -0.408 e. The number of hydrogen-bond donors (Lipinski definition) is 2. The number of oxazole rings is 1. The van der Waals surface area contributed by atoms with Crippen molar-refractivity contribution in [1.29, 1.82) is 5.26 Å². The second-order valence-electron chi connectivity index (χ2n) is 11.2. The zero-order valence-electron chi connectivity index (χ0n) is 23.9. The predicted molar refractivity (Wildman–Crippen MR) is 159 cm³/mol. The van der Waals surface area contributed by atoms with Gasteiger partial charge in [-0.25, -0.2) is 9.18 Å². The van der Waals surface area contributed by atoms with Crippen LogP contribution in [-0.4, -0.2) is 26.3 Å². The van der Waals surface area contributed by atoms with E-state index in [4.69, 9.17) is 20.4 Å². The number of nitrogens with two attached hydrogens (primary N) is 1. The first-order valence-corrected chi connectivity index (χ1v) is 14.0. The van der Waals surface area contributed by atoms with Gasteiger partial charge in [-0.1, -0.05) is 32.0 Å². The number of fused-ring (bicyclic) bond motifs is 2. The number of carbonyl (C=O) groups is 2. The minimum atomic E-state index is -0.730. The SMILES string of the molecule is CC(C)Cc1nc2c(c(-c3ccc4c(c3)oc(=O)n4Cc3ccc(C#N)cn3)c1C(N)=O)C(=O)NC2Cc1ccc(F)cc1. The highest BCUT2D eigenvalue weighted by Crippen LogP contribution is 2.39. The molecule has 3 N–H and O–H groups in total. The van der Waals surface area contributed by atoms with E-state index in [1.165, 1.54) is 22.9 Å². The third kappa shape index (κ3) is 5.22. The fourth-order valence-electron chi connectivity index (χ4n) is 5.65. The fraction of sp³-hybridized carbons (Fsp3) is 0.212. The Morgan fingerprint density at radius 2 is 1.91 bits per heavy atom. The van der Waals surface area contributed by atoms with Gasteiger partial charge in [-0.3, -0.25) is 24.1 Å². The molecule has 0 bridgehead atoms. The third-order valence-electron chi connectivity index (χ3n) is 7.59. The van der Waals surface area contributed by atoms with Crippen molar-refractivity contribution < 1.29 is 18.4 Å². The molecule has 0 aliphatic carbocycles. The highest BCUT2D eigenvalue weighted by atomic mass is 19.1. The second-order valence-corrected chi connectivity index (χ2v) is 11.2. The molecule has 44 heavy (non-hydrogen) atoms. The zero-order valence-corrected chi connectivity index (χ0v) is 23.9. The smallest absolute Gasteiger partial charge is 0.408 e. The number of benzene rings is 2. The molecule has 0 spiro atoms. The van der Waals surface area contributed by atoms with Crippen LogP contribution in [0.25, 0.3) is 22.2 Å². The molecule has 5 aromatic rings. The third-order valence-corrected chi connectivity index (χ3v) is 7.59. The van der Waals surface area contributed by atoms with Crippen molar-refractivity contribution in [1.82, 2.24) is 19.9 Å². The number of primary amides is 1. The molecule has 3 aromatic heterocycles. The Labute approximate surface area is 251 Å². The number of carbonyl (C=O) groups excluding carboxylic acids is 2. The number of amides is 2. The van der Waals surface area contributed by atoms with Crippen LogP contribution in [0.2, 0.25) is 0 Å². The molecule has 1 atom stereocenters. The molecule has 0 radical (unpaired) electrons. The van der Waals surface area contributed by atoms with Gasteiger partial charge in [-0.2, -0.15) is 5.26 Å². The van der Waals surface area contributed by atoms with Crippen molar-refractivity contribution >= 4 is 22.9 Å². The Kier molecular flexibility index (Phi) is 7.27. The van der Waals surface area contributed by atoms with Gasteiger partial charge in [0.15, 0.2) is 5.58 Å². The average Bonchev–Trinajstić information content (AvgIpc) is 3.47. The number of hydrogen-bond acceptors (Lipinski definition) is 7. The molecule has 0 saturated heterocycles. The van der Waals surface area contributed by atoms with E-state index in [0.717, 1.165) is 5.56 Å². The summed E-state index contributed by atoms with van der Waals surface area (Å²) in [5.41, 5.74) is 10.5. The largest absolute Gasteiger partial charge is 0.420 e. The van der Waals surface area contributed by atoms with Gasteiger partial charge in [-0.15, -0.1) is 0 Å². The first-order chi connectivity index (χ1) is 21.1. The number of nitriles is 1. The minimum absolute atomic E-state index is 0.111. The number of nitrogens with one attached hydrogen (secondary N) is 1. The molecule has 10 nitrogen and oxygen atoms in total. The van der Waals surface area contributed by atoms with Crippen LogP contribution in [-0.2, 0) is 19.4 Å². The van der Waals surface area contributed by atoms with Crippen LogP contribution >= 0.6 is 0 Å². The van der Waals surface area contributed by atoms with Gasteiger partial charge in [0.25, 0.3) is 11.8 Å². The Morgan fingerprint density at radius 3 is 2.57 bits per heavy atom. The quantitative estimate of drug-likeness (QED) is 0.271. The van der Waals surface area contributed by atoms with Gasteiger partial charge in [0.2, 0.25) is 0 Å². The van der Waals surface area contributed by atoms with Gasteiger partial charge in [-0.05, 0) is 66.3 Å². The van der Waals surface area contributed by atoms with Crippen LogP contribution in [0.3, 0.4) is 0 Å². The summed E-state index contributed by atoms with van der Waals surface area (Å²) in [5.74, 6) is -2.00. The van der Waals surface area contributed by atoms with Crippen molar-refractivity contribution in [2.75, 3.05) is 0 Å². The van der Waals surface area contributed by atoms with Crippen molar-refractivity contribution in [2.24, 2.45) is 11.7 Å². The van der Waals surface area contributed by atoms with E-state index < -0.39 is 23.6 Å². The van der Waals surface area contributed by atoms with E-state index in [2.05, 4.69) is 10.3 Å². The second kappa shape index (κ2) is 11.2. The normalized spacial score (nSPS) is 14.1. The van der Waals surface area contributed by atoms with Gasteiger partial charge in [0, 0.05) is 11.8 Å². The standard InChI is InChI=1S/C33H27FN6O4/c1-17(2)11-23-28(31(36)41)27(29-30(38-23)24(39-32(29)42)12-18-3-7-21(34)8-4-18)20-6-10-25-26(13-20)44-33(43)40(25)16-22-9-5-19(14-35)15-37-22/h3-10,13,15,17,24H,11-12,16H2,1-2H3,(H2,36,41)(H,39,42). The number of aromatic nitrogens is 3. The lowest BCUT2D eigenvalue weighted by molar-refractivity contribution is 0.0956. The zero-order chi connectivity index (χ0) is 31.1. The van der Waals surface area contributed by atoms with Crippen molar-refractivity contribution in [2.45, 2.75) is 39.3 Å². The molecule has 11 heteroatoms. The topological polar surface area (TPSA) is 157 Å². The molecule has 220 valence electrons. The molecule has 0 saturated carbocycles. The molecule has 2 aromatic carbocycles. The molecular formula is C33H27FN6O4. The first kappa shape index (κ1) is 28.5. The number of halogens is 1. The lowest BCUT2D eigenvalue weighted by Crippen LogP contribution is -2.21. The summed E-state index contributed by atoms with van der Waals surface area (Å²) in [5, 5.41) is 12.0. The summed E-state index contributed by atoms with van der Waals surface area (Å²) in [6.45, 7) is 4.09. The Bertz CT molecular complexity index is 2040. The van der Waals surface area contributed by atoms with Crippen LogP contribution in [0.5, 0.6) is 0 Å². The Hall–Kier alpha value is -5.63. The van der Waals surface area contributed by atoms with Gasteiger partial charge >= 0.3 is 5.76 Å². The van der Waals surface area contributed by atoms with E-state index in [-0.39, 0.29) is 35.0 Å². The fourth-order valence-corrected chi connectivity index (χ4v) is 5.65. The molecule has 2 amide bonds. The Balaban J connectivity index is 1.49. The molecular weight excluding hydrogens is 563 g/mol. The molecule has 1 aliphatic rings. The summed E-state index contributed by atoms with van der Waals surface area (Å²) in [6.07, 6.45) is 2.23. The summed E-state index contributed by atoms with van der Waals surface area (Å²) in [4.78, 5) is 48.5. The summed E-state index contributed by atoms with van der Waals surface area (Å²) >= 11 is 0. The van der Waals surface area contributed by atoms with Crippen LogP contribution in [0, 0.1) is 23.1 Å². The Morgan fingerprint density at radius 1 is 1.14 bits per heavy atom. The van der Waals surface area contributed by atoms with E-state index >= 15 is 0 Å². The van der Waals surface area contributed by atoms with E-state index in [0.29, 0.717) is 52.1 Å². The van der Waals surface area contributed by atoms with Crippen LogP contribution in [0.1, 0.15) is 68.8 Å². The molecule has 1 aliphatic heterocycles. The van der Waals surface area contributed by atoms with E-state index in [9.17, 15) is 18.8 Å². The van der Waals surface area contributed by atoms with Gasteiger partial charge in [0.05, 0.1) is 51.9 Å². The maximum atomic E-state index is 13.5. The highest BCUT2D eigenvalue weighted by molar-refractivity contribution is 6.12. The van der Waals surface area contributed by atoms with E-state index in [1.807, 2.05) is 19.9 Å². The molecule has 0 fully saturated rings. The monoisotopic (exact) mass is 590 g/mol. The predicted octanol–water partition coefficient (Wildman–Crippen LogP) is 4.44.